The number of carbonyl (C=O) groups is 2. The number of hydrogen-bond donors (Lipinski definition) is 2. The third kappa shape index (κ3) is 6.40. The molecular formula is C21H30N6O3. The predicted molar refractivity (Wildman–Crippen MR) is 116 cm³/mol. The first-order valence-electron chi connectivity index (χ1n) is 10.2. The number of anilines is 2. The van der Waals surface area contributed by atoms with Gasteiger partial charge in [0.15, 0.2) is 0 Å². The second-order valence-corrected chi connectivity index (χ2v) is 6.55. The zero-order chi connectivity index (χ0) is 21.9. The molecule has 2 rings (SSSR count). The Bertz CT molecular complexity index is 858. The summed E-state index contributed by atoms with van der Waals surface area (Å²) in [6, 6.07) is 1.72. The Hall–Kier alpha value is -3.23. The van der Waals surface area contributed by atoms with E-state index in [-0.39, 0.29) is 5.91 Å². The number of nitrogens with zero attached hydrogens (tertiary/aromatic N) is 4. The SMILES string of the molecule is CCNc1ncc(-c2cncc(C(=O)OCC)c2)c(NCCCN(CC)C(C)=O)n1. The monoisotopic (exact) mass is 414 g/mol. The van der Waals surface area contributed by atoms with Crippen molar-refractivity contribution in [3.05, 3.63) is 30.2 Å². The highest BCUT2D eigenvalue weighted by atomic mass is 16.5. The van der Waals surface area contributed by atoms with Crippen LogP contribution in [0.5, 0.6) is 0 Å². The molecule has 0 aliphatic rings. The molecule has 0 spiro atoms. The van der Waals surface area contributed by atoms with Gasteiger partial charge in [0.05, 0.1) is 12.2 Å². The molecule has 2 heterocycles. The standard InChI is InChI=1S/C21H30N6O3/c1-5-23-21-25-14-18(16-11-17(13-22-12-16)20(29)30-7-3)19(26-21)24-9-8-10-27(6-2)15(4)28/h11-14H,5-10H2,1-4H3,(H2,23,24,25,26). The number of carbonyl (C=O) groups excluding carboxylic acids is 2. The number of amides is 1. The van der Waals surface area contributed by atoms with Crippen LogP contribution in [-0.2, 0) is 9.53 Å². The minimum atomic E-state index is -0.421. The van der Waals surface area contributed by atoms with Crippen molar-refractivity contribution in [3.8, 4) is 11.1 Å². The van der Waals surface area contributed by atoms with Gasteiger partial charge < -0.3 is 20.3 Å². The van der Waals surface area contributed by atoms with Crippen LogP contribution in [0.2, 0.25) is 0 Å². The van der Waals surface area contributed by atoms with Gasteiger partial charge in [-0.25, -0.2) is 9.78 Å². The molecule has 2 aromatic rings. The molecule has 0 aromatic carbocycles. The van der Waals surface area contributed by atoms with E-state index < -0.39 is 5.97 Å². The Morgan fingerprint density at radius 3 is 2.60 bits per heavy atom. The number of ether oxygens (including phenoxy) is 1. The summed E-state index contributed by atoms with van der Waals surface area (Å²) in [6.07, 6.45) is 5.61. The molecule has 1 amide bonds. The van der Waals surface area contributed by atoms with Crippen molar-refractivity contribution in [2.45, 2.75) is 34.1 Å². The molecule has 162 valence electrons. The Morgan fingerprint density at radius 2 is 1.93 bits per heavy atom. The van der Waals surface area contributed by atoms with Gasteiger partial charge in [-0.1, -0.05) is 0 Å². The minimum Gasteiger partial charge on any atom is -0.462 e. The highest BCUT2D eigenvalue weighted by molar-refractivity contribution is 5.91. The van der Waals surface area contributed by atoms with E-state index in [9.17, 15) is 9.59 Å². The van der Waals surface area contributed by atoms with Crippen molar-refractivity contribution >= 4 is 23.6 Å². The maximum absolute atomic E-state index is 12.1. The molecule has 0 fully saturated rings. The highest BCUT2D eigenvalue weighted by Gasteiger charge is 2.14. The predicted octanol–water partition coefficient (Wildman–Crippen LogP) is 2.82. The van der Waals surface area contributed by atoms with E-state index in [1.807, 2.05) is 13.8 Å². The average Bonchev–Trinajstić information content (AvgIpc) is 2.74. The topological polar surface area (TPSA) is 109 Å². The molecule has 9 nitrogen and oxygen atoms in total. The second kappa shape index (κ2) is 11.7. The van der Waals surface area contributed by atoms with Gasteiger partial charge in [0.2, 0.25) is 11.9 Å². The fourth-order valence-corrected chi connectivity index (χ4v) is 2.90. The summed E-state index contributed by atoms with van der Waals surface area (Å²) in [6.45, 7) is 10.2. The van der Waals surface area contributed by atoms with Gasteiger partial charge >= 0.3 is 5.97 Å². The third-order valence-electron chi connectivity index (χ3n) is 4.41. The summed E-state index contributed by atoms with van der Waals surface area (Å²) in [5, 5.41) is 6.43. The number of aromatic nitrogens is 3. The Morgan fingerprint density at radius 1 is 1.13 bits per heavy atom. The smallest absolute Gasteiger partial charge is 0.339 e. The van der Waals surface area contributed by atoms with Crippen molar-refractivity contribution in [2.75, 3.05) is 43.4 Å². The van der Waals surface area contributed by atoms with Crippen LogP contribution in [0.25, 0.3) is 11.1 Å². The molecule has 0 unspecified atom stereocenters. The number of esters is 1. The lowest BCUT2D eigenvalue weighted by Gasteiger charge is -2.19. The van der Waals surface area contributed by atoms with Crippen LogP contribution in [0.15, 0.2) is 24.7 Å². The fourth-order valence-electron chi connectivity index (χ4n) is 2.90. The van der Waals surface area contributed by atoms with Crippen LogP contribution >= 0.6 is 0 Å². The summed E-state index contributed by atoms with van der Waals surface area (Å²) in [5.41, 5.74) is 1.82. The van der Waals surface area contributed by atoms with Gasteiger partial charge in [-0.3, -0.25) is 9.78 Å². The molecule has 0 saturated heterocycles. The third-order valence-corrected chi connectivity index (χ3v) is 4.41. The summed E-state index contributed by atoms with van der Waals surface area (Å²) in [5.74, 6) is 0.791. The van der Waals surface area contributed by atoms with E-state index in [1.54, 1.807) is 37.2 Å². The lowest BCUT2D eigenvalue weighted by Crippen LogP contribution is -2.30. The van der Waals surface area contributed by atoms with Crippen molar-refractivity contribution in [2.24, 2.45) is 0 Å². The molecule has 0 bridgehead atoms. The van der Waals surface area contributed by atoms with E-state index in [4.69, 9.17) is 4.74 Å². The van der Waals surface area contributed by atoms with Crippen LogP contribution in [-0.4, -0.2) is 64.5 Å². The molecular weight excluding hydrogens is 384 g/mol. The first-order valence-corrected chi connectivity index (χ1v) is 10.2. The van der Waals surface area contributed by atoms with Crippen LogP contribution in [0, 0.1) is 0 Å². The second-order valence-electron chi connectivity index (χ2n) is 6.55. The van der Waals surface area contributed by atoms with Gasteiger partial charge in [-0.2, -0.15) is 4.98 Å². The minimum absolute atomic E-state index is 0.0662. The number of hydrogen-bond acceptors (Lipinski definition) is 8. The maximum Gasteiger partial charge on any atom is 0.339 e. The van der Waals surface area contributed by atoms with Gasteiger partial charge in [0.1, 0.15) is 5.82 Å². The maximum atomic E-state index is 12.1. The molecule has 2 aromatic heterocycles. The van der Waals surface area contributed by atoms with E-state index in [1.165, 1.54) is 6.20 Å². The van der Waals surface area contributed by atoms with E-state index in [0.29, 0.717) is 55.7 Å². The van der Waals surface area contributed by atoms with Gasteiger partial charge in [-0.05, 0) is 33.3 Å². The quantitative estimate of drug-likeness (QED) is 0.427. The van der Waals surface area contributed by atoms with Crippen LogP contribution in [0.4, 0.5) is 11.8 Å². The van der Waals surface area contributed by atoms with Crippen molar-refractivity contribution in [3.63, 3.8) is 0 Å². The van der Waals surface area contributed by atoms with Crippen molar-refractivity contribution < 1.29 is 14.3 Å². The lowest BCUT2D eigenvalue weighted by molar-refractivity contribution is -0.128. The number of rotatable bonds is 11. The van der Waals surface area contributed by atoms with Gasteiger partial charge in [0, 0.05) is 62.8 Å². The average molecular weight is 415 g/mol. The first-order chi connectivity index (χ1) is 14.5. The van der Waals surface area contributed by atoms with E-state index >= 15 is 0 Å². The van der Waals surface area contributed by atoms with Crippen LogP contribution in [0.1, 0.15) is 44.5 Å². The highest BCUT2D eigenvalue weighted by Crippen LogP contribution is 2.27. The molecule has 0 atom stereocenters. The lowest BCUT2D eigenvalue weighted by atomic mass is 10.1. The summed E-state index contributed by atoms with van der Waals surface area (Å²) in [7, 11) is 0. The summed E-state index contributed by atoms with van der Waals surface area (Å²) >= 11 is 0. The molecule has 2 N–H and O–H groups in total. The molecule has 9 heteroatoms. The normalized spacial score (nSPS) is 10.4. The Balaban J connectivity index is 2.22. The fraction of sp³-hybridized carbons (Fsp3) is 0.476. The first kappa shape index (κ1) is 23.1. The van der Waals surface area contributed by atoms with E-state index in [2.05, 4.69) is 25.6 Å². The molecule has 30 heavy (non-hydrogen) atoms. The molecule has 0 aliphatic carbocycles. The number of nitrogens with one attached hydrogen (secondary N) is 2. The molecule has 0 radical (unpaired) electrons. The molecule has 0 aliphatic heterocycles. The van der Waals surface area contributed by atoms with Crippen molar-refractivity contribution in [1.82, 2.24) is 19.9 Å². The Kier molecular flexibility index (Phi) is 8.99. The van der Waals surface area contributed by atoms with E-state index in [0.717, 1.165) is 12.0 Å². The zero-order valence-electron chi connectivity index (χ0n) is 18.1. The van der Waals surface area contributed by atoms with Gasteiger partial charge in [0.25, 0.3) is 0 Å². The summed E-state index contributed by atoms with van der Waals surface area (Å²) < 4.78 is 5.06. The Labute approximate surface area is 177 Å². The summed E-state index contributed by atoms with van der Waals surface area (Å²) in [4.78, 5) is 38.5. The van der Waals surface area contributed by atoms with Crippen LogP contribution < -0.4 is 10.6 Å². The number of pyridine rings is 1. The van der Waals surface area contributed by atoms with Crippen molar-refractivity contribution in [1.29, 1.82) is 0 Å². The van der Waals surface area contributed by atoms with Crippen LogP contribution in [0.3, 0.4) is 0 Å². The largest absolute Gasteiger partial charge is 0.462 e. The zero-order valence-corrected chi connectivity index (χ0v) is 18.1. The molecule has 0 saturated carbocycles. The van der Waals surface area contributed by atoms with Gasteiger partial charge in [-0.15, -0.1) is 0 Å².